The van der Waals surface area contributed by atoms with Crippen LogP contribution in [-0.4, -0.2) is 41.6 Å². The minimum Gasteiger partial charge on any atom is -0.478 e. The number of piperazine rings is 1. The molecule has 0 bridgehead atoms. The molecular weight excluding hydrogens is 354 g/mol. The highest BCUT2D eigenvalue weighted by Crippen LogP contribution is 2.26. The first-order chi connectivity index (χ1) is 13.4. The first kappa shape index (κ1) is 18.0. The number of aryl methyl sites for hydroxylation is 2. The Morgan fingerprint density at radius 3 is 2.43 bits per heavy atom. The van der Waals surface area contributed by atoms with Crippen LogP contribution >= 0.6 is 0 Å². The lowest BCUT2D eigenvalue weighted by Gasteiger charge is -2.35. The number of hydrogen-bond acceptors (Lipinski definition) is 4. The lowest BCUT2D eigenvalue weighted by molar-refractivity contribution is -0.117. The number of hydrogen-bond donors (Lipinski definition) is 1. The molecule has 1 saturated heterocycles. The number of aromatic nitrogens is 1. The number of carboxylic acid groups (broad SMARTS) is 1. The van der Waals surface area contributed by atoms with Crippen molar-refractivity contribution in [3.05, 3.63) is 65.2 Å². The fraction of sp³-hybridized carbons (Fsp3) is 0.227. The van der Waals surface area contributed by atoms with Crippen LogP contribution in [0.4, 0.5) is 11.5 Å². The maximum atomic E-state index is 12.8. The molecule has 0 unspecified atom stereocenters. The van der Waals surface area contributed by atoms with Gasteiger partial charge in [-0.25, -0.2) is 9.78 Å². The van der Waals surface area contributed by atoms with E-state index < -0.39 is 5.97 Å². The largest absolute Gasteiger partial charge is 0.478 e. The van der Waals surface area contributed by atoms with Gasteiger partial charge in [0, 0.05) is 24.2 Å². The van der Waals surface area contributed by atoms with Crippen LogP contribution in [0.25, 0.3) is 10.9 Å². The number of benzene rings is 2. The summed E-state index contributed by atoms with van der Waals surface area (Å²) in [7, 11) is 0. The summed E-state index contributed by atoms with van der Waals surface area (Å²) < 4.78 is 0. The second-order valence-corrected chi connectivity index (χ2v) is 7.16. The molecule has 1 fully saturated rings. The maximum absolute atomic E-state index is 12.8. The van der Waals surface area contributed by atoms with Gasteiger partial charge < -0.3 is 14.9 Å². The molecule has 6 heteroatoms. The summed E-state index contributed by atoms with van der Waals surface area (Å²) in [4.78, 5) is 32.7. The molecule has 1 aliphatic rings. The Bertz CT molecular complexity index is 1070. The van der Waals surface area contributed by atoms with Crippen molar-refractivity contribution in [3.8, 4) is 0 Å². The molecule has 0 spiro atoms. The van der Waals surface area contributed by atoms with E-state index in [4.69, 9.17) is 0 Å². The fourth-order valence-electron chi connectivity index (χ4n) is 3.75. The molecule has 0 radical (unpaired) electrons. The molecule has 1 amide bonds. The smallest absolute Gasteiger partial charge is 0.336 e. The fourth-order valence-corrected chi connectivity index (χ4v) is 3.75. The molecule has 28 heavy (non-hydrogen) atoms. The summed E-state index contributed by atoms with van der Waals surface area (Å²) in [5, 5.41) is 10.2. The number of para-hydroxylation sites is 1. The van der Waals surface area contributed by atoms with E-state index in [1.807, 2.05) is 36.9 Å². The molecule has 6 nitrogen and oxygen atoms in total. The Labute approximate surface area is 163 Å². The molecule has 1 N–H and O–H groups in total. The van der Waals surface area contributed by atoms with Gasteiger partial charge in [-0.1, -0.05) is 24.3 Å². The first-order valence-corrected chi connectivity index (χ1v) is 9.19. The Kier molecular flexibility index (Phi) is 4.47. The van der Waals surface area contributed by atoms with Gasteiger partial charge in [0.2, 0.25) is 5.91 Å². The molecule has 0 aliphatic carbocycles. The van der Waals surface area contributed by atoms with Crippen LogP contribution in [0, 0.1) is 13.8 Å². The van der Waals surface area contributed by atoms with Crippen molar-refractivity contribution in [2.24, 2.45) is 0 Å². The Morgan fingerprint density at radius 2 is 1.75 bits per heavy atom. The topological polar surface area (TPSA) is 73.7 Å². The second kappa shape index (κ2) is 6.96. The van der Waals surface area contributed by atoms with E-state index in [2.05, 4.69) is 11.1 Å². The quantitative estimate of drug-likeness (QED) is 0.759. The average Bonchev–Trinajstić information content (AvgIpc) is 2.66. The lowest BCUT2D eigenvalue weighted by Crippen LogP contribution is -2.51. The molecule has 1 aliphatic heterocycles. The summed E-state index contributed by atoms with van der Waals surface area (Å²) in [6.07, 6.45) is 0. The van der Waals surface area contributed by atoms with Crippen molar-refractivity contribution in [1.82, 2.24) is 4.98 Å². The van der Waals surface area contributed by atoms with Crippen molar-refractivity contribution >= 4 is 34.3 Å². The van der Waals surface area contributed by atoms with E-state index in [9.17, 15) is 14.7 Å². The number of nitrogens with zero attached hydrogens (tertiary/aromatic N) is 3. The highest BCUT2D eigenvalue weighted by Gasteiger charge is 2.27. The zero-order chi connectivity index (χ0) is 19.8. The third kappa shape index (κ3) is 3.29. The Balaban J connectivity index is 1.64. The number of carboxylic acids is 1. The molecule has 1 aromatic heterocycles. The number of anilines is 2. The number of pyridine rings is 1. The van der Waals surface area contributed by atoms with E-state index in [1.54, 1.807) is 29.2 Å². The molecule has 4 rings (SSSR count). The van der Waals surface area contributed by atoms with Crippen molar-refractivity contribution in [3.63, 3.8) is 0 Å². The van der Waals surface area contributed by atoms with Gasteiger partial charge in [-0.3, -0.25) is 4.79 Å². The van der Waals surface area contributed by atoms with Crippen molar-refractivity contribution in [2.45, 2.75) is 13.8 Å². The molecule has 2 aromatic carbocycles. The SMILES string of the molecule is Cc1cc(C)cc(N2CCN(c3cc(C(=O)O)c4ccccc4n3)CC2=O)c1. The summed E-state index contributed by atoms with van der Waals surface area (Å²) >= 11 is 0. The number of aromatic carboxylic acids is 1. The first-order valence-electron chi connectivity index (χ1n) is 9.19. The molecule has 0 saturated carbocycles. The predicted octanol–water partition coefficient (Wildman–Crippen LogP) is 3.40. The van der Waals surface area contributed by atoms with E-state index in [-0.39, 0.29) is 18.0 Å². The summed E-state index contributed by atoms with van der Waals surface area (Å²) in [6.45, 7) is 5.31. The second-order valence-electron chi connectivity index (χ2n) is 7.16. The van der Waals surface area contributed by atoms with Gasteiger partial charge in [0.15, 0.2) is 0 Å². The minimum absolute atomic E-state index is 0.0249. The van der Waals surface area contributed by atoms with Crippen molar-refractivity contribution < 1.29 is 14.7 Å². The molecular formula is C22H21N3O3. The van der Waals surface area contributed by atoms with E-state index in [0.29, 0.717) is 29.8 Å². The standard InChI is InChI=1S/C22H21N3O3/c1-14-9-15(2)11-16(10-14)25-8-7-24(13-21(25)26)20-12-18(22(27)28)17-5-3-4-6-19(17)23-20/h3-6,9-12H,7-8,13H2,1-2H3,(H,27,28). The number of carbonyl (C=O) groups is 2. The number of rotatable bonds is 3. The van der Waals surface area contributed by atoms with E-state index >= 15 is 0 Å². The third-order valence-corrected chi connectivity index (χ3v) is 5.00. The average molecular weight is 375 g/mol. The molecule has 142 valence electrons. The van der Waals surface area contributed by atoms with Crippen LogP contribution < -0.4 is 9.80 Å². The minimum atomic E-state index is -1.000. The van der Waals surface area contributed by atoms with Gasteiger partial charge in [0.1, 0.15) is 5.82 Å². The van der Waals surface area contributed by atoms with Crippen LogP contribution in [0.15, 0.2) is 48.5 Å². The number of carbonyl (C=O) groups excluding carboxylic acids is 1. The zero-order valence-corrected chi connectivity index (χ0v) is 15.8. The summed E-state index contributed by atoms with van der Waals surface area (Å²) in [5.41, 5.74) is 3.95. The highest BCUT2D eigenvalue weighted by molar-refractivity contribution is 6.04. The number of fused-ring (bicyclic) bond motifs is 1. The van der Waals surface area contributed by atoms with Crippen LogP contribution in [0.5, 0.6) is 0 Å². The van der Waals surface area contributed by atoms with Crippen LogP contribution in [0.2, 0.25) is 0 Å². The van der Waals surface area contributed by atoms with E-state index in [1.165, 1.54) is 0 Å². The monoisotopic (exact) mass is 375 g/mol. The van der Waals surface area contributed by atoms with Crippen molar-refractivity contribution in [1.29, 1.82) is 0 Å². The molecule has 0 atom stereocenters. The highest BCUT2D eigenvalue weighted by atomic mass is 16.4. The predicted molar refractivity (Wildman–Crippen MR) is 109 cm³/mol. The van der Waals surface area contributed by atoms with Gasteiger partial charge in [0.05, 0.1) is 17.6 Å². The normalized spacial score (nSPS) is 14.6. The number of amides is 1. The van der Waals surface area contributed by atoms with Gasteiger partial charge in [0.25, 0.3) is 0 Å². The summed E-state index contributed by atoms with van der Waals surface area (Å²) in [5.74, 6) is -0.507. The molecule has 2 heterocycles. The van der Waals surface area contributed by atoms with Gasteiger partial charge in [-0.15, -0.1) is 0 Å². The van der Waals surface area contributed by atoms with Gasteiger partial charge in [-0.05, 0) is 49.2 Å². The maximum Gasteiger partial charge on any atom is 0.336 e. The van der Waals surface area contributed by atoms with Gasteiger partial charge in [-0.2, -0.15) is 0 Å². The lowest BCUT2D eigenvalue weighted by atomic mass is 10.1. The molecule has 3 aromatic rings. The zero-order valence-electron chi connectivity index (χ0n) is 15.8. The Hall–Kier alpha value is -3.41. The van der Waals surface area contributed by atoms with Gasteiger partial charge >= 0.3 is 5.97 Å². The van der Waals surface area contributed by atoms with Crippen LogP contribution in [-0.2, 0) is 4.79 Å². The summed E-state index contributed by atoms with van der Waals surface area (Å²) in [6, 6.07) is 14.8. The van der Waals surface area contributed by atoms with Crippen LogP contribution in [0.3, 0.4) is 0 Å². The van der Waals surface area contributed by atoms with Crippen molar-refractivity contribution in [2.75, 3.05) is 29.4 Å². The van der Waals surface area contributed by atoms with Crippen LogP contribution in [0.1, 0.15) is 21.5 Å². The Morgan fingerprint density at radius 1 is 1.04 bits per heavy atom. The third-order valence-electron chi connectivity index (χ3n) is 5.00. The van der Waals surface area contributed by atoms with E-state index in [0.717, 1.165) is 16.8 Å².